The Labute approximate surface area is 96.0 Å². The van der Waals surface area contributed by atoms with E-state index < -0.39 is 0 Å². The van der Waals surface area contributed by atoms with Gasteiger partial charge in [-0.3, -0.25) is 4.79 Å². The molecule has 4 heteroatoms. The second kappa shape index (κ2) is 4.03. The summed E-state index contributed by atoms with van der Waals surface area (Å²) in [6.07, 6.45) is 0.643. The summed E-state index contributed by atoms with van der Waals surface area (Å²) < 4.78 is 0. The van der Waals surface area contributed by atoms with Crippen molar-refractivity contribution in [3.63, 3.8) is 0 Å². The molecule has 0 saturated carbocycles. The number of carbonyl (C=O) groups excluding carboxylic acids is 1. The highest BCUT2D eigenvalue weighted by molar-refractivity contribution is 9.09. The van der Waals surface area contributed by atoms with Crippen LogP contribution in [0.1, 0.15) is 16.2 Å². The number of carbonyl (C=O) groups is 1. The van der Waals surface area contributed by atoms with Gasteiger partial charge in [-0.1, -0.05) is 15.9 Å². The molecule has 1 aromatic rings. The average Bonchev–Trinajstić information content (AvgIpc) is 2.61. The summed E-state index contributed by atoms with van der Waals surface area (Å²) in [4.78, 5) is 16.3. The third-order valence-electron chi connectivity index (χ3n) is 2.31. The monoisotopic (exact) mass is 273 g/mol. The molecule has 76 valence electrons. The topological polar surface area (TPSA) is 20.3 Å². The van der Waals surface area contributed by atoms with E-state index in [1.807, 2.05) is 4.90 Å². The minimum absolute atomic E-state index is 0.262. The number of thiophene rings is 1. The van der Waals surface area contributed by atoms with Gasteiger partial charge in [0, 0.05) is 27.5 Å². The first-order chi connectivity index (χ1) is 6.65. The van der Waals surface area contributed by atoms with Crippen LogP contribution in [-0.4, -0.2) is 22.2 Å². The van der Waals surface area contributed by atoms with Crippen molar-refractivity contribution in [2.75, 3.05) is 6.54 Å². The molecule has 0 spiro atoms. The van der Waals surface area contributed by atoms with E-state index in [9.17, 15) is 4.79 Å². The summed E-state index contributed by atoms with van der Waals surface area (Å²) in [5, 5.41) is 0. The lowest BCUT2D eigenvalue weighted by atomic mass is 10.4. The number of hydrogen-bond acceptors (Lipinski definition) is 2. The second-order valence-electron chi connectivity index (χ2n) is 3.59. The zero-order valence-corrected chi connectivity index (χ0v) is 10.4. The van der Waals surface area contributed by atoms with Crippen molar-refractivity contribution in [2.24, 2.45) is 0 Å². The third-order valence-corrected chi connectivity index (χ3v) is 3.91. The quantitative estimate of drug-likeness (QED) is 0.759. The predicted molar refractivity (Wildman–Crippen MR) is 61.8 cm³/mol. The van der Waals surface area contributed by atoms with Gasteiger partial charge in [0.25, 0.3) is 0 Å². The largest absolute Gasteiger partial charge is 0.336 e. The van der Waals surface area contributed by atoms with Crippen LogP contribution in [0.4, 0.5) is 0 Å². The third kappa shape index (κ3) is 2.17. The lowest BCUT2D eigenvalue weighted by Gasteiger charge is -2.13. The highest BCUT2D eigenvalue weighted by Crippen LogP contribution is 2.23. The molecule has 14 heavy (non-hydrogen) atoms. The summed E-state index contributed by atoms with van der Waals surface area (Å²) in [5.41, 5.74) is 0. The van der Waals surface area contributed by atoms with E-state index in [1.54, 1.807) is 11.3 Å². The van der Waals surface area contributed by atoms with Gasteiger partial charge in [-0.05, 0) is 19.1 Å². The summed E-state index contributed by atoms with van der Waals surface area (Å²) in [6, 6.07) is 4.21. The summed E-state index contributed by atoms with van der Waals surface area (Å²) in [6.45, 7) is 3.71. The van der Waals surface area contributed by atoms with E-state index >= 15 is 0 Å². The molecular formula is C10H12BrNOS. The molecule has 1 aliphatic rings. The van der Waals surface area contributed by atoms with E-state index in [1.165, 1.54) is 9.75 Å². The number of alkyl halides is 1. The molecule has 2 rings (SSSR count). The Balaban J connectivity index is 2.01. The maximum absolute atomic E-state index is 11.5. The van der Waals surface area contributed by atoms with Gasteiger partial charge in [0.2, 0.25) is 5.91 Å². The Bertz CT molecular complexity index is 350. The molecule has 2 nitrogen and oxygen atoms in total. The van der Waals surface area contributed by atoms with Gasteiger partial charge in [0.05, 0.1) is 6.54 Å². The zero-order valence-electron chi connectivity index (χ0n) is 8.00. The maximum Gasteiger partial charge on any atom is 0.224 e. The first-order valence-electron chi connectivity index (χ1n) is 4.62. The van der Waals surface area contributed by atoms with Crippen molar-refractivity contribution in [3.8, 4) is 0 Å². The molecule has 1 amide bonds. The van der Waals surface area contributed by atoms with E-state index in [2.05, 4.69) is 35.0 Å². The SMILES string of the molecule is Cc1ccc(CN2CC(Br)CC2=O)s1. The lowest BCUT2D eigenvalue weighted by Crippen LogP contribution is -2.24. The van der Waals surface area contributed by atoms with Crippen molar-refractivity contribution in [1.82, 2.24) is 4.90 Å². The van der Waals surface area contributed by atoms with E-state index in [-0.39, 0.29) is 5.91 Å². The number of amides is 1. The molecule has 0 radical (unpaired) electrons. The highest BCUT2D eigenvalue weighted by Gasteiger charge is 2.27. The first-order valence-corrected chi connectivity index (χ1v) is 6.35. The molecule has 1 unspecified atom stereocenters. The number of nitrogens with zero attached hydrogens (tertiary/aromatic N) is 1. The van der Waals surface area contributed by atoms with Crippen molar-refractivity contribution in [3.05, 3.63) is 21.9 Å². The van der Waals surface area contributed by atoms with E-state index in [4.69, 9.17) is 0 Å². The molecule has 1 aliphatic heterocycles. The Morgan fingerprint density at radius 2 is 2.43 bits per heavy atom. The van der Waals surface area contributed by atoms with Crippen LogP contribution in [0.3, 0.4) is 0 Å². The van der Waals surface area contributed by atoms with Crippen LogP contribution in [0, 0.1) is 6.92 Å². The molecule has 1 atom stereocenters. The molecule has 1 saturated heterocycles. The fourth-order valence-electron chi connectivity index (χ4n) is 1.64. The number of hydrogen-bond donors (Lipinski definition) is 0. The van der Waals surface area contributed by atoms with Crippen LogP contribution in [0.15, 0.2) is 12.1 Å². The number of likely N-dealkylation sites (tertiary alicyclic amines) is 1. The van der Waals surface area contributed by atoms with Gasteiger partial charge in [-0.25, -0.2) is 0 Å². The van der Waals surface area contributed by atoms with E-state index in [0.717, 1.165) is 13.1 Å². The van der Waals surface area contributed by atoms with Crippen molar-refractivity contribution in [1.29, 1.82) is 0 Å². The zero-order chi connectivity index (χ0) is 10.1. The first kappa shape index (κ1) is 10.2. The summed E-state index contributed by atoms with van der Waals surface area (Å²) in [5.74, 6) is 0.262. The molecule has 0 aromatic carbocycles. The Kier molecular flexibility index (Phi) is 2.93. The minimum Gasteiger partial charge on any atom is -0.336 e. The molecule has 0 aliphatic carbocycles. The van der Waals surface area contributed by atoms with Crippen LogP contribution >= 0.6 is 27.3 Å². The second-order valence-corrected chi connectivity index (χ2v) is 6.26. The van der Waals surface area contributed by atoms with Gasteiger partial charge < -0.3 is 4.90 Å². The van der Waals surface area contributed by atoms with Crippen LogP contribution in [0.5, 0.6) is 0 Å². The molecule has 0 bridgehead atoms. The van der Waals surface area contributed by atoms with Crippen LogP contribution < -0.4 is 0 Å². The van der Waals surface area contributed by atoms with Gasteiger partial charge in [-0.15, -0.1) is 11.3 Å². The van der Waals surface area contributed by atoms with Crippen LogP contribution in [0.25, 0.3) is 0 Å². The van der Waals surface area contributed by atoms with Crippen molar-refractivity contribution < 1.29 is 4.79 Å². The highest BCUT2D eigenvalue weighted by atomic mass is 79.9. The fraction of sp³-hybridized carbons (Fsp3) is 0.500. The standard InChI is InChI=1S/C10H12BrNOS/c1-7-2-3-9(14-7)6-12-5-8(11)4-10(12)13/h2-3,8H,4-6H2,1H3. The van der Waals surface area contributed by atoms with E-state index in [0.29, 0.717) is 11.2 Å². The Morgan fingerprint density at radius 1 is 1.64 bits per heavy atom. The molecule has 2 heterocycles. The van der Waals surface area contributed by atoms with Gasteiger partial charge in [-0.2, -0.15) is 0 Å². The molecular weight excluding hydrogens is 262 g/mol. The van der Waals surface area contributed by atoms with Crippen molar-refractivity contribution >= 4 is 33.2 Å². The smallest absolute Gasteiger partial charge is 0.224 e. The summed E-state index contributed by atoms with van der Waals surface area (Å²) >= 11 is 5.25. The lowest BCUT2D eigenvalue weighted by molar-refractivity contribution is -0.128. The van der Waals surface area contributed by atoms with Crippen molar-refractivity contribution in [2.45, 2.75) is 24.7 Å². The predicted octanol–water partition coefficient (Wildman–Crippen LogP) is 2.55. The van der Waals surface area contributed by atoms with Gasteiger partial charge in [0.15, 0.2) is 0 Å². The van der Waals surface area contributed by atoms with Gasteiger partial charge >= 0.3 is 0 Å². The average molecular weight is 274 g/mol. The minimum atomic E-state index is 0.262. The molecule has 1 fully saturated rings. The number of rotatable bonds is 2. The van der Waals surface area contributed by atoms with Crippen LogP contribution in [-0.2, 0) is 11.3 Å². The Morgan fingerprint density at radius 3 is 2.93 bits per heavy atom. The van der Waals surface area contributed by atoms with Gasteiger partial charge in [0.1, 0.15) is 0 Å². The molecule has 0 N–H and O–H groups in total. The Hall–Kier alpha value is -0.350. The maximum atomic E-state index is 11.5. The number of aryl methyl sites for hydroxylation is 1. The summed E-state index contributed by atoms with van der Waals surface area (Å²) in [7, 11) is 0. The number of halogens is 1. The molecule has 1 aromatic heterocycles. The fourth-order valence-corrected chi connectivity index (χ4v) is 3.17. The van der Waals surface area contributed by atoms with Crippen LogP contribution in [0.2, 0.25) is 0 Å². The normalized spacial score (nSPS) is 22.0.